The monoisotopic (exact) mass is 300 g/mol. The molecule has 0 spiro atoms. The van der Waals surface area contributed by atoms with E-state index in [4.69, 9.17) is 5.73 Å². The molecule has 3 rings (SSSR count). The Morgan fingerprint density at radius 2 is 2.05 bits per heavy atom. The second kappa shape index (κ2) is 5.10. The zero-order chi connectivity index (χ0) is 15.0. The summed E-state index contributed by atoms with van der Waals surface area (Å²) in [6, 6.07) is 5.12. The first-order valence-electron chi connectivity index (χ1n) is 6.16. The number of aromatic amines is 1. The molecule has 6 nitrogen and oxygen atoms in total. The van der Waals surface area contributed by atoms with Crippen LogP contribution in [0.4, 0.5) is 5.95 Å². The maximum Gasteiger partial charge on any atom is 0.261 e. The molecule has 0 saturated carbocycles. The van der Waals surface area contributed by atoms with E-state index in [-0.39, 0.29) is 17.3 Å². The molecule has 0 atom stereocenters. The molecule has 0 unspecified atom stereocenters. The highest BCUT2D eigenvalue weighted by atomic mass is 32.2. The van der Waals surface area contributed by atoms with Crippen LogP contribution >= 0.6 is 11.8 Å². The summed E-state index contributed by atoms with van der Waals surface area (Å²) in [4.78, 5) is 24.3. The van der Waals surface area contributed by atoms with Gasteiger partial charge in [0.05, 0.1) is 10.9 Å². The molecule has 106 valence electrons. The van der Waals surface area contributed by atoms with Crippen molar-refractivity contribution in [1.82, 2.24) is 15.0 Å². The van der Waals surface area contributed by atoms with Crippen LogP contribution in [0.25, 0.3) is 10.9 Å². The number of nitrogens with one attached hydrogen (secondary N) is 1. The van der Waals surface area contributed by atoms with Gasteiger partial charge < -0.3 is 10.8 Å². The lowest BCUT2D eigenvalue weighted by Gasteiger charge is -2.11. The largest absolute Gasteiger partial charge is 0.508 e. The number of fused-ring (bicyclic) bond motifs is 1. The number of anilines is 1. The Bertz CT molecular complexity index is 878. The topological polar surface area (TPSA) is 105 Å². The zero-order valence-electron chi connectivity index (χ0n) is 11.1. The molecule has 0 saturated heterocycles. The molecule has 0 aliphatic heterocycles. The number of nitrogens with two attached hydrogens (primary N) is 1. The van der Waals surface area contributed by atoms with Crippen LogP contribution in [0.15, 0.2) is 45.2 Å². The Hall–Kier alpha value is -2.54. The Labute approximate surface area is 124 Å². The fourth-order valence-corrected chi connectivity index (χ4v) is 3.08. The van der Waals surface area contributed by atoms with E-state index in [2.05, 4.69) is 15.0 Å². The number of phenolic OH excluding ortho intramolecular Hbond substituents is 1. The molecule has 0 bridgehead atoms. The first-order chi connectivity index (χ1) is 10.1. The van der Waals surface area contributed by atoms with Gasteiger partial charge in [-0.1, -0.05) is 11.8 Å². The smallest absolute Gasteiger partial charge is 0.261 e. The van der Waals surface area contributed by atoms with Crippen molar-refractivity contribution in [2.45, 2.75) is 16.7 Å². The van der Waals surface area contributed by atoms with Crippen molar-refractivity contribution >= 4 is 28.6 Å². The minimum Gasteiger partial charge on any atom is -0.508 e. The molecule has 4 N–H and O–H groups in total. The van der Waals surface area contributed by atoms with Gasteiger partial charge in [-0.25, -0.2) is 4.98 Å². The van der Waals surface area contributed by atoms with Crippen molar-refractivity contribution in [3.63, 3.8) is 0 Å². The first kappa shape index (κ1) is 13.4. The lowest BCUT2D eigenvalue weighted by atomic mass is 10.1. The predicted octanol–water partition coefficient (Wildman–Crippen LogP) is 2.07. The Balaban J connectivity index is 2.30. The molecule has 2 aromatic heterocycles. The van der Waals surface area contributed by atoms with E-state index in [1.807, 2.05) is 12.1 Å². The second-order valence-corrected chi connectivity index (χ2v) is 5.56. The average Bonchev–Trinajstić information content (AvgIpc) is 2.44. The van der Waals surface area contributed by atoms with Gasteiger partial charge in [-0.15, -0.1) is 0 Å². The van der Waals surface area contributed by atoms with Gasteiger partial charge >= 0.3 is 0 Å². The van der Waals surface area contributed by atoms with Gasteiger partial charge in [-0.2, -0.15) is 0 Å². The number of H-pyrrole nitrogens is 1. The molecule has 0 fully saturated rings. The minimum atomic E-state index is -0.322. The molecule has 0 aliphatic carbocycles. The molecule has 1 aromatic carbocycles. The molecule has 21 heavy (non-hydrogen) atoms. The molecule has 0 aliphatic rings. The molecule has 0 amide bonds. The number of benzene rings is 1. The first-order valence-corrected chi connectivity index (χ1v) is 6.98. The summed E-state index contributed by atoms with van der Waals surface area (Å²) in [6.07, 6.45) is 3.34. The SMILES string of the molecule is Cc1c(O)cc2nc(N)[nH]c(=O)c2c1Sc1ccncc1. The Morgan fingerprint density at radius 3 is 2.76 bits per heavy atom. The van der Waals surface area contributed by atoms with Crippen LogP contribution in [-0.4, -0.2) is 20.1 Å². The van der Waals surface area contributed by atoms with E-state index in [9.17, 15) is 9.90 Å². The van der Waals surface area contributed by atoms with Gasteiger partial charge in [0.1, 0.15) is 5.75 Å². The third-order valence-electron chi connectivity index (χ3n) is 3.06. The molecule has 7 heteroatoms. The van der Waals surface area contributed by atoms with E-state index >= 15 is 0 Å². The standard InChI is InChI=1S/C14H12N4O2S/c1-7-10(19)6-9-11(13(20)18-14(15)17-9)12(7)21-8-2-4-16-5-3-8/h2-6,19H,1H3,(H3,15,17,18,20). The highest BCUT2D eigenvalue weighted by Crippen LogP contribution is 2.38. The van der Waals surface area contributed by atoms with Crippen molar-refractivity contribution in [2.75, 3.05) is 5.73 Å². The van der Waals surface area contributed by atoms with Gasteiger partial charge in [0.2, 0.25) is 5.95 Å². The van der Waals surface area contributed by atoms with Crippen LogP contribution in [0, 0.1) is 6.92 Å². The summed E-state index contributed by atoms with van der Waals surface area (Å²) >= 11 is 1.38. The van der Waals surface area contributed by atoms with Crippen LogP contribution < -0.4 is 11.3 Å². The van der Waals surface area contributed by atoms with Crippen molar-refractivity contribution in [1.29, 1.82) is 0 Å². The summed E-state index contributed by atoms with van der Waals surface area (Å²) in [5.74, 6) is 0.104. The van der Waals surface area contributed by atoms with E-state index in [0.29, 0.717) is 21.4 Å². The van der Waals surface area contributed by atoms with Gasteiger partial charge in [0, 0.05) is 33.8 Å². The number of nitrogens with zero attached hydrogens (tertiary/aromatic N) is 2. The third kappa shape index (κ3) is 2.43. The Morgan fingerprint density at radius 1 is 1.33 bits per heavy atom. The molecule has 3 aromatic rings. The number of aromatic hydroxyl groups is 1. The lowest BCUT2D eigenvalue weighted by Crippen LogP contribution is -2.12. The fourth-order valence-electron chi connectivity index (χ4n) is 2.03. The molecule has 2 heterocycles. The molecule has 0 radical (unpaired) electrons. The van der Waals surface area contributed by atoms with Crippen LogP contribution in [0.3, 0.4) is 0 Å². The maximum absolute atomic E-state index is 12.2. The van der Waals surface area contributed by atoms with E-state index in [0.717, 1.165) is 4.90 Å². The predicted molar refractivity (Wildman–Crippen MR) is 81.5 cm³/mol. The summed E-state index contributed by atoms with van der Waals surface area (Å²) in [6.45, 7) is 1.76. The number of rotatable bonds is 2. The summed E-state index contributed by atoms with van der Waals surface area (Å²) in [5, 5.41) is 10.5. The number of nitrogen functional groups attached to an aromatic ring is 1. The van der Waals surface area contributed by atoms with Crippen molar-refractivity contribution in [3.8, 4) is 5.75 Å². The average molecular weight is 300 g/mol. The number of phenols is 1. The summed E-state index contributed by atoms with van der Waals surface area (Å²) < 4.78 is 0. The quantitative estimate of drug-likeness (QED) is 0.669. The third-order valence-corrected chi connectivity index (χ3v) is 4.28. The van der Waals surface area contributed by atoms with Crippen molar-refractivity contribution < 1.29 is 5.11 Å². The maximum atomic E-state index is 12.2. The van der Waals surface area contributed by atoms with Gasteiger partial charge in [0.15, 0.2) is 0 Å². The Kier molecular flexibility index (Phi) is 3.26. The van der Waals surface area contributed by atoms with Gasteiger partial charge in [-0.3, -0.25) is 14.8 Å². The normalized spacial score (nSPS) is 10.9. The van der Waals surface area contributed by atoms with E-state index in [1.165, 1.54) is 17.8 Å². The van der Waals surface area contributed by atoms with Gasteiger partial charge in [0.25, 0.3) is 5.56 Å². The number of hydrogen-bond donors (Lipinski definition) is 3. The van der Waals surface area contributed by atoms with E-state index < -0.39 is 0 Å². The van der Waals surface area contributed by atoms with Gasteiger partial charge in [-0.05, 0) is 19.1 Å². The molecular formula is C14H12N4O2S. The summed E-state index contributed by atoms with van der Waals surface area (Å²) in [5.41, 5.74) is 6.23. The number of hydrogen-bond acceptors (Lipinski definition) is 6. The fraction of sp³-hybridized carbons (Fsp3) is 0.0714. The number of aromatic nitrogens is 3. The van der Waals surface area contributed by atoms with Crippen LogP contribution in [0.5, 0.6) is 5.75 Å². The highest BCUT2D eigenvalue weighted by molar-refractivity contribution is 7.99. The minimum absolute atomic E-state index is 0.0237. The summed E-state index contributed by atoms with van der Waals surface area (Å²) in [7, 11) is 0. The van der Waals surface area contributed by atoms with Crippen molar-refractivity contribution in [3.05, 3.63) is 46.5 Å². The van der Waals surface area contributed by atoms with Crippen molar-refractivity contribution in [2.24, 2.45) is 0 Å². The zero-order valence-corrected chi connectivity index (χ0v) is 11.9. The highest BCUT2D eigenvalue weighted by Gasteiger charge is 2.15. The van der Waals surface area contributed by atoms with Crippen LogP contribution in [0.1, 0.15) is 5.56 Å². The van der Waals surface area contributed by atoms with Crippen LogP contribution in [-0.2, 0) is 0 Å². The molecular weight excluding hydrogens is 288 g/mol. The number of pyridine rings is 1. The van der Waals surface area contributed by atoms with Crippen LogP contribution in [0.2, 0.25) is 0 Å². The lowest BCUT2D eigenvalue weighted by molar-refractivity contribution is 0.470. The second-order valence-electron chi connectivity index (χ2n) is 4.48. The van der Waals surface area contributed by atoms with E-state index in [1.54, 1.807) is 19.3 Å².